The fraction of sp³-hybridized carbons (Fsp3) is 0.552. The van der Waals surface area contributed by atoms with Crippen molar-refractivity contribution in [2.45, 2.75) is 82.6 Å². The molecule has 0 spiro atoms. The van der Waals surface area contributed by atoms with Gasteiger partial charge in [0.15, 0.2) is 0 Å². The number of alkyl halides is 6. The Morgan fingerprint density at radius 3 is 2.08 bits per heavy atom. The molecule has 0 aromatic heterocycles. The maximum atomic E-state index is 13.7. The average molecular weight is 525 g/mol. The molecule has 2 aromatic rings. The van der Waals surface area contributed by atoms with Crippen LogP contribution in [0.1, 0.15) is 74.6 Å². The third kappa shape index (κ3) is 7.07. The van der Waals surface area contributed by atoms with Crippen LogP contribution in [0.4, 0.5) is 26.3 Å². The summed E-state index contributed by atoms with van der Waals surface area (Å²) in [6, 6.07) is 14.6. The lowest BCUT2D eigenvalue weighted by atomic mass is 9.72. The van der Waals surface area contributed by atoms with Crippen LogP contribution < -0.4 is 0 Å². The van der Waals surface area contributed by atoms with E-state index in [1.54, 1.807) is 0 Å². The summed E-state index contributed by atoms with van der Waals surface area (Å²) < 4.78 is 81.0. The summed E-state index contributed by atoms with van der Waals surface area (Å²) in [6.07, 6.45) is -5.46. The Hall–Kier alpha value is -2.53. The van der Waals surface area contributed by atoms with Gasteiger partial charge in [-0.25, -0.2) is 0 Å². The molecule has 37 heavy (non-hydrogen) atoms. The van der Waals surface area contributed by atoms with Gasteiger partial charge in [0, 0.05) is 12.6 Å². The fourth-order valence-corrected chi connectivity index (χ4v) is 5.40. The van der Waals surface area contributed by atoms with Gasteiger partial charge >= 0.3 is 12.4 Å². The second-order valence-electron chi connectivity index (χ2n) is 9.99. The van der Waals surface area contributed by atoms with E-state index in [1.165, 1.54) is 5.56 Å². The highest BCUT2D eigenvalue weighted by Gasteiger charge is 2.49. The first-order valence-electron chi connectivity index (χ1n) is 12.9. The first-order valence-corrected chi connectivity index (χ1v) is 12.9. The van der Waals surface area contributed by atoms with Crippen LogP contribution in [0.25, 0.3) is 0 Å². The number of hydrogen-bond acceptors (Lipinski definition) is 2. The van der Waals surface area contributed by atoms with Gasteiger partial charge in [-0.2, -0.15) is 31.6 Å². The van der Waals surface area contributed by atoms with Crippen molar-refractivity contribution in [3.8, 4) is 6.07 Å². The summed E-state index contributed by atoms with van der Waals surface area (Å²) in [7, 11) is 0. The lowest BCUT2D eigenvalue weighted by molar-refractivity contribution is -0.162. The SMILES string of the molecule is CCCN(CCc1ccccc1)C(CC)CCC(C#N)(c1ccc(C(F)(F)F)c(C(F)(F)F)c1)C1CC1. The molecule has 2 aromatic carbocycles. The summed E-state index contributed by atoms with van der Waals surface area (Å²) in [5.74, 6) is -0.156. The minimum absolute atomic E-state index is 0.0407. The van der Waals surface area contributed by atoms with Crippen LogP contribution >= 0.6 is 0 Å². The lowest BCUT2D eigenvalue weighted by Gasteiger charge is -2.35. The molecule has 0 radical (unpaired) electrons. The van der Waals surface area contributed by atoms with Crippen molar-refractivity contribution in [2.24, 2.45) is 5.92 Å². The summed E-state index contributed by atoms with van der Waals surface area (Å²) >= 11 is 0. The van der Waals surface area contributed by atoms with Crippen molar-refractivity contribution in [2.75, 3.05) is 13.1 Å². The highest BCUT2D eigenvalue weighted by molar-refractivity contribution is 5.43. The van der Waals surface area contributed by atoms with Crippen molar-refractivity contribution in [3.05, 3.63) is 70.8 Å². The van der Waals surface area contributed by atoms with Gasteiger partial charge < -0.3 is 4.90 Å². The molecule has 1 fully saturated rings. The van der Waals surface area contributed by atoms with Gasteiger partial charge in [0.05, 0.1) is 22.6 Å². The van der Waals surface area contributed by atoms with E-state index in [0.29, 0.717) is 37.8 Å². The molecule has 3 rings (SSSR count). The second kappa shape index (κ2) is 11.9. The quantitative estimate of drug-likeness (QED) is 0.261. The van der Waals surface area contributed by atoms with Gasteiger partial charge in [-0.05, 0) is 80.7 Å². The molecular formula is C29H34F6N2. The molecule has 1 aliphatic rings. The smallest absolute Gasteiger partial charge is 0.300 e. The Labute approximate surface area is 215 Å². The van der Waals surface area contributed by atoms with Crippen LogP contribution in [0.15, 0.2) is 48.5 Å². The second-order valence-corrected chi connectivity index (χ2v) is 9.99. The number of rotatable bonds is 12. The molecule has 0 bridgehead atoms. The third-order valence-corrected chi connectivity index (χ3v) is 7.52. The van der Waals surface area contributed by atoms with Crippen LogP contribution in [0.2, 0.25) is 0 Å². The van der Waals surface area contributed by atoms with Crippen LogP contribution in [0.5, 0.6) is 0 Å². The Morgan fingerprint density at radius 1 is 0.919 bits per heavy atom. The van der Waals surface area contributed by atoms with Crippen molar-refractivity contribution < 1.29 is 26.3 Å². The highest BCUT2D eigenvalue weighted by atomic mass is 19.4. The van der Waals surface area contributed by atoms with Gasteiger partial charge in [0.1, 0.15) is 0 Å². The van der Waals surface area contributed by atoms with Gasteiger partial charge in [-0.1, -0.05) is 50.2 Å². The molecular weight excluding hydrogens is 490 g/mol. The number of nitriles is 1. The van der Waals surface area contributed by atoms with Gasteiger partial charge in [-0.15, -0.1) is 0 Å². The topological polar surface area (TPSA) is 27.0 Å². The van der Waals surface area contributed by atoms with Gasteiger partial charge in [-0.3, -0.25) is 0 Å². The minimum atomic E-state index is -5.17. The Bertz CT molecular complexity index is 1050. The zero-order chi connectivity index (χ0) is 27.3. The largest absolute Gasteiger partial charge is 0.417 e. The van der Waals surface area contributed by atoms with E-state index in [0.717, 1.165) is 38.4 Å². The standard InChI is InChI=1S/C29H34F6N2/c1-3-17-37(18-15-21-8-6-5-7-9-21)24(4-2)14-16-27(20-36,22-10-11-22)23-12-13-25(28(30,31)32)26(19-23)29(33,34)35/h5-9,12-13,19,22,24H,3-4,10-11,14-18H2,1-2H3. The van der Waals surface area contributed by atoms with E-state index in [-0.39, 0.29) is 17.5 Å². The molecule has 0 amide bonds. The Morgan fingerprint density at radius 2 is 1.57 bits per heavy atom. The van der Waals surface area contributed by atoms with E-state index in [9.17, 15) is 31.6 Å². The normalized spacial score (nSPS) is 16.9. The van der Waals surface area contributed by atoms with E-state index >= 15 is 0 Å². The van der Waals surface area contributed by atoms with Crippen molar-refractivity contribution >= 4 is 0 Å². The predicted molar refractivity (Wildman–Crippen MR) is 132 cm³/mol. The maximum Gasteiger partial charge on any atom is 0.417 e. The fourth-order valence-electron chi connectivity index (χ4n) is 5.40. The summed E-state index contributed by atoms with van der Waals surface area (Å²) in [4.78, 5) is 2.37. The molecule has 2 unspecified atom stereocenters. The minimum Gasteiger partial charge on any atom is -0.300 e. The lowest BCUT2D eigenvalue weighted by Crippen LogP contribution is -2.39. The van der Waals surface area contributed by atoms with Gasteiger partial charge in [0.25, 0.3) is 0 Å². The number of benzene rings is 2. The molecule has 2 atom stereocenters. The molecule has 0 saturated heterocycles. The predicted octanol–water partition coefficient (Wildman–Crippen LogP) is 8.41. The zero-order valence-electron chi connectivity index (χ0n) is 21.3. The monoisotopic (exact) mass is 524 g/mol. The van der Waals surface area contributed by atoms with Crippen LogP contribution in [0, 0.1) is 17.2 Å². The van der Waals surface area contributed by atoms with Crippen LogP contribution in [-0.2, 0) is 24.2 Å². The Kier molecular flexibility index (Phi) is 9.33. The highest BCUT2D eigenvalue weighted by Crippen LogP contribution is 2.52. The molecule has 2 nitrogen and oxygen atoms in total. The first-order chi connectivity index (χ1) is 17.5. The van der Waals surface area contributed by atoms with Crippen molar-refractivity contribution in [1.82, 2.24) is 4.90 Å². The van der Waals surface area contributed by atoms with Crippen LogP contribution in [0.3, 0.4) is 0 Å². The molecule has 202 valence electrons. The molecule has 0 aliphatic heterocycles. The van der Waals surface area contributed by atoms with E-state index < -0.39 is 28.9 Å². The van der Waals surface area contributed by atoms with Crippen molar-refractivity contribution in [3.63, 3.8) is 0 Å². The van der Waals surface area contributed by atoms with E-state index in [4.69, 9.17) is 0 Å². The number of hydrogen-bond donors (Lipinski definition) is 0. The summed E-state index contributed by atoms with van der Waals surface area (Å²) in [5, 5.41) is 10.3. The molecule has 0 heterocycles. The molecule has 8 heteroatoms. The van der Waals surface area contributed by atoms with Crippen molar-refractivity contribution in [1.29, 1.82) is 5.26 Å². The third-order valence-electron chi connectivity index (χ3n) is 7.52. The van der Waals surface area contributed by atoms with E-state index in [1.807, 2.05) is 18.2 Å². The number of nitrogens with zero attached hydrogens (tertiary/aromatic N) is 2. The maximum absolute atomic E-state index is 13.7. The van der Waals surface area contributed by atoms with Crippen LogP contribution in [-0.4, -0.2) is 24.0 Å². The Balaban J connectivity index is 1.88. The molecule has 1 saturated carbocycles. The summed E-state index contributed by atoms with van der Waals surface area (Å²) in [6.45, 7) is 5.82. The van der Waals surface area contributed by atoms with E-state index in [2.05, 4.69) is 36.9 Å². The summed E-state index contributed by atoms with van der Waals surface area (Å²) in [5.41, 5.74) is -3.42. The first kappa shape index (κ1) is 29.0. The van der Waals surface area contributed by atoms with Gasteiger partial charge in [0.2, 0.25) is 0 Å². The molecule has 1 aliphatic carbocycles. The average Bonchev–Trinajstić information content (AvgIpc) is 3.70. The number of halogens is 6. The molecule has 0 N–H and O–H groups in total. The zero-order valence-corrected chi connectivity index (χ0v) is 21.3.